The van der Waals surface area contributed by atoms with Gasteiger partial charge in [0.05, 0.1) is 6.26 Å². The maximum absolute atomic E-state index is 10.8. The van der Waals surface area contributed by atoms with Crippen molar-refractivity contribution in [1.82, 2.24) is 4.98 Å². The van der Waals surface area contributed by atoms with Gasteiger partial charge in [-0.2, -0.15) is 8.42 Å². The van der Waals surface area contributed by atoms with E-state index in [4.69, 9.17) is 0 Å². The van der Waals surface area contributed by atoms with Gasteiger partial charge in [-0.25, -0.2) is 4.98 Å². The summed E-state index contributed by atoms with van der Waals surface area (Å²) < 4.78 is 26.3. The highest BCUT2D eigenvalue weighted by atomic mass is 32.2. The molecular weight excluding hydrogens is 226 g/mol. The summed E-state index contributed by atoms with van der Waals surface area (Å²) >= 11 is 0. The minimum Gasteiger partial charge on any atom is -0.254 e. The molecule has 0 saturated heterocycles. The zero-order valence-corrected chi connectivity index (χ0v) is 10.2. The van der Waals surface area contributed by atoms with Crippen LogP contribution in [0.4, 0.5) is 0 Å². The molecule has 0 bridgehead atoms. The van der Waals surface area contributed by atoms with Crippen LogP contribution in [-0.2, 0) is 14.3 Å². The van der Waals surface area contributed by atoms with E-state index in [1.165, 1.54) is 0 Å². The van der Waals surface area contributed by atoms with Crippen molar-refractivity contribution in [1.29, 1.82) is 0 Å². The fourth-order valence-electron chi connectivity index (χ4n) is 1.07. The second kappa shape index (κ2) is 5.10. The molecule has 0 fully saturated rings. The molecule has 0 saturated carbocycles. The van der Waals surface area contributed by atoms with Crippen LogP contribution in [-0.4, -0.2) is 25.8 Å². The first-order valence-electron chi connectivity index (χ1n) is 4.70. The van der Waals surface area contributed by atoms with Crippen LogP contribution in [0.3, 0.4) is 0 Å². The van der Waals surface area contributed by atoms with Gasteiger partial charge >= 0.3 is 0 Å². The lowest BCUT2D eigenvalue weighted by molar-refractivity contribution is 0.286. The van der Waals surface area contributed by atoms with Crippen LogP contribution in [0.5, 0.6) is 0 Å². The standard InChI is InChI=1S/C11H13NO3S/c1-9-5-4-6-11(12-9)8-7-10(2)15-16(3,13)14/h4-6,10H,1-3H3. The van der Waals surface area contributed by atoms with Crippen molar-refractivity contribution in [3.63, 3.8) is 0 Å². The highest BCUT2D eigenvalue weighted by molar-refractivity contribution is 7.86. The first-order valence-corrected chi connectivity index (χ1v) is 6.52. The normalized spacial score (nSPS) is 12.7. The number of rotatable bonds is 2. The maximum Gasteiger partial charge on any atom is 0.265 e. The molecule has 0 radical (unpaired) electrons. The van der Waals surface area contributed by atoms with Crippen LogP contribution in [0.2, 0.25) is 0 Å². The highest BCUT2D eigenvalue weighted by Gasteiger charge is 2.06. The quantitative estimate of drug-likeness (QED) is 0.573. The van der Waals surface area contributed by atoms with E-state index in [1.807, 2.05) is 19.1 Å². The van der Waals surface area contributed by atoms with Crippen molar-refractivity contribution < 1.29 is 12.6 Å². The van der Waals surface area contributed by atoms with Gasteiger partial charge in [-0.05, 0) is 31.9 Å². The molecule has 0 aliphatic rings. The number of nitrogens with zero attached hydrogens (tertiary/aromatic N) is 1. The first kappa shape index (κ1) is 12.7. The number of hydrogen-bond donors (Lipinski definition) is 0. The molecule has 1 aromatic heterocycles. The van der Waals surface area contributed by atoms with E-state index < -0.39 is 16.2 Å². The Morgan fingerprint density at radius 3 is 2.69 bits per heavy atom. The molecule has 1 heterocycles. The summed E-state index contributed by atoms with van der Waals surface area (Å²) in [7, 11) is -3.46. The lowest BCUT2D eigenvalue weighted by Crippen LogP contribution is -2.11. The monoisotopic (exact) mass is 239 g/mol. The number of aromatic nitrogens is 1. The Morgan fingerprint density at radius 1 is 1.44 bits per heavy atom. The Kier molecular flexibility index (Phi) is 4.05. The average Bonchev–Trinajstić information content (AvgIpc) is 2.12. The van der Waals surface area contributed by atoms with Gasteiger partial charge in [0.1, 0.15) is 11.8 Å². The molecule has 1 aromatic rings. The summed E-state index contributed by atoms with van der Waals surface area (Å²) in [5, 5.41) is 0. The molecule has 1 unspecified atom stereocenters. The van der Waals surface area contributed by atoms with Crippen LogP contribution in [0.25, 0.3) is 0 Å². The van der Waals surface area contributed by atoms with Gasteiger partial charge in [0.25, 0.3) is 10.1 Å². The average molecular weight is 239 g/mol. The predicted octanol–water partition coefficient (Wildman–Crippen LogP) is 1.11. The lowest BCUT2D eigenvalue weighted by Gasteiger charge is -2.02. The summed E-state index contributed by atoms with van der Waals surface area (Å²) in [4.78, 5) is 4.16. The largest absolute Gasteiger partial charge is 0.265 e. The second-order valence-electron chi connectivity index (χ2n) is 3.38. The van der Waals surface area contributed by atoms with Crippen LogP contribution in [0.15, 0.2) is 18.2 Å². The van der Waals surface area contributed by atoms with Crippen molar-refractivity contribution >= 4 is 10.1 Å². The van der Waals surface area contributed by atoms with E-state index in [9.17, 15) is 8.42 Å². The zero-order chi connectivity index (χ0) is 12.2. The van der Waals surface area contributed by atoms with Gasteiger partial charge in [0.2, 0.25) is 0 Å². The van der Waals surface area contributed by atoms with Crippen molar-refractivity contribution in [2.45, 2.75) is 20.0 Å². The maximum atomic E-state index is 10.8. The summed E-state index contributed by atoms with van der Waals surface area (Å²) in [6.45, 7) is 3.44. The SMILES string of the molecule is Cc1cccc(C#CC(C)OS(C)(=O)=O)n1. The van der Waals surface area contributed by atoms with Gasteiger partial charge in [0, 0.05) is 5.69 Å². The van der Waals surface area contributed by atoms with E-state index in [0.29, 0.717) is 5.69 Å². The van der Waals surface area contributed by atoms with Crippen LogP contribution < -0.4 is 0 Å². The number of pyridine rings is 1. The first-order chi connectivity index (χ1) is 7.37. The van der Waals surface area contributed by atoms with Crippen molar-refractivity contribution in [2.24, 2.45) is 0 Å². The van der Waals surface area contributed by atoms with Crippen LogP contribution >= 0.6 is 0 Å². The molecule has 0 aromatic carbocycles. The molecule has 0 aliphatic carbocycles. The molecule has 5 heteroatoms. The van der Waals surface area contributed by atoms with E-state index in [0.717, 1.165) is 11.9 Å². The van der Waals surface area contributed by atoms with Gasteiger partial charge in [0.15, 0.2) is 0 Å². The van der Waals surface area contributed by atoms with Crippen molar-refractivity contribution in [2.75, 3.05) is 6.26 Å². The Bertz CT molecular complexity index is 526. The zero-order valence-electron chi connectivity index (χ0n) is 9.39. The molecule has 16 heavy (non-hydrogen) atoms. The summed E-state index contributed by atoms with van der Waals surface area (Å²) in [5.74, 6) is 5.43. The molecule has 4 nitrogen and oxygen atoms in total. The topological polar surface area (TPSA) is 56.3 Å². The fourth-order valence-corrected chi connectivity index (χ4v) is 1.65. The van der Waals surface area contributed by atoms with Gasteiger partial charge in [-0.1, -0.05) is 12.0 Å². The van der Waals surface area contributed by atoms with E-state index in [-0.39, 0.29) is 0 Å². The molecule has 1 rings (SSSR count). The van der Waals surface area contributed by atoms with Crippen molar-refractivity contribution in [3.05, 3.63) is 29.6 Å². The highest BCUT2D eigenvalue weighted by Crippen LogP contribution is 1.98. The Balaban J connectivity index is 2.75. The Labute approximate surface area is 95.8 Å². The fraction of sp³-hybridized carbons (Fsp3) is 0.364. The van der Waals surface area contributed by atoms with Gasteiger partial charge < -0.3 is 0 Å². The molecule has 86 valence electrons. The molecule has 0 aliphatic heterocycles. The third-order valence-corrected chi connectivity index (χ3v) is 2.25. The van der Waals surface area contributed by atoms with E-state index in [2.05, 4.69) is 21.0 Å². The Morgan fingerprint density at radius 2 is 2.12 bits per heavy atom. The van der Waals surface area contributed by atoms with Crippen LogP contribution in [0, 0.1) is 18.8 Å². The number of aryl methyl sites for hydroxylation is 1. The Hall–Kier alpha value is -1.38. The van der Waals surface area contributed by atoms with Crippen LogP contribution in [0.1, 0.15) is 18.3 Å². The molecule has 0 amide bonds. The predicted molar refractivity (Wildman–Crippen MR) is 61.2 cm³/mol. The molecule has 0 N–H and O–H groups in total. The van der Waals surface area contributed by atoms with Gasteiger partial charge in [-0.3, -0.25) is 4.18 Å². The summed E-state index contributed by atoms with van der Waals surface area (Å²) in [6, 6.07) is 5.46. The minimum absolute atomic E-state index is 0.601. The minimum atomic E-state index is -3.46. The molecule has 1 atom stereocenters. The summed E-state index contributed by atoms with van der Waals surface area (Å²) in [5.41, 5.74) is 1.47. The smallest absolute Gasteiger partial charge is 0.254 e. The lowest BCUT2D eigenvalue weighted by atomic mass is 10.3. The number of hydrogen-bond acceptors (Lipinski definition) is 4. The van der Waals surface area contributed by atoms with Crippen molar-refractivity contribution in [3.8, 4) is 11.8 Å². The molecular formula is C11H13NO3S. The second-order valence-corrected chi connectivity index (χ2v) is 4.98. The molecule has 0 spiro atoms. The van der Waals surface area contributed by atoms with E-state index >= 15 is 0 Å². The summed E-state index contributed by atoms with van der Waals surface area (Å²) in [6.07, 6.45) is 0.327. The third-order valence-electron chi connectivity index (χ3n) is 1.61. The van der Waals surface area contributed by atoms with Gasteiger partial charge in [-0.15, -0.1) is 0 Å². The van der Waals surface area contributed by atoms with E-state index in [1.54, 1.807) is 13.0 Å². The third kappa shape index (κ3) is 4.91.